The molecule has 0 atom stereocenters. The lowest BCUT2D eigenvalue weighted by Crippen LogP contribution is -2.32. The highest BCUT2D eigenvalue weighted by molar-refractivity contribution is 9.10. The molecular weight excluding hydrogens is 286 g/mol. The zero-order valence-electron chi connectivity index (χ0n) is 9.41. The van der Waals surface area contributed by atoms with Crippen LogP contribution < -0.4 is 4.74 Å². The summed E-state index contributed by atoms with van der Waals surface area (Å²) < 4.78 is 6.43. The normalized spacial score (nSPS) is 17.4. The van der Waals surface area contributed by atoms with E-state index in [1.54, 1.807) is 7.11 Å². The van der Waals surface area contributed by atoms with Crippen molar-refractivity contribution in [3.05, 3.63) is 28.2 Å². The second kappa shape index (κ2) is 5.94. The maximum Gasteiger partial charge on any atom is 0.119 e. The molecule has 1 aliphatic rings. The Morgan fingerprint density at radius 3 is 2.81 bits per heavy atom. The molecule has 16 heavy (non-hydrogen) atoms. The number of benzene rings is 1. The molecule has 1 saturated heterocycles. The Balaban J connectivity index is 2.06. The number of thioether (sulfide) groups is 1. The van der Waals surface area contributed by atoms with Crippen LogP contribution in [0.25, 0.3) is 0 Å². The molecule has 0 saturated carbocycles. The maximum atomic E-state index is 5.26. The van der Waals surface area contributed by atoms with Gasteiger partial charge in [0.25, 0.3) is 0 Å². The summed E-state index contributed by atoms with van der Waals surface area (Å²) in [6.07, 6.45) is 0. The van der Waals surface area contributed by atoms with Crippen molar-refractivity contribution in [1.29, 1.82) is 0 Å². The molecule has 0 bridgehead atoms. The molecule has 1 aromatic rings. The van der Waals surface area contributed by atoms with Crippen LogP contribution in [0.15, 0.2) is 22.7 Å². The van der Waals surface area contributed by atoms with Crippen LogP contribution in [0.4, 0.5) is 0 Å². The van der Waals surface area contributed by atoms with Gasteiger partial charge >= 0.3 is 0 Å². The van der Waals surface area contributed by atoms with Crippen LogP contribution >= 0.6 is 27.7 Å². The second-order valence-electron chi connectivity index (χ2n) is 3.85. The lowest BCUT2D eigenvalue weighted by atomic mass is 10.2. The van der Waals surface area contributed by atoms with Crippen molar-refractivity contribution in [3.8, 4) is 5.75 Å². The van der Waals surface area contributed by atoms with E-state index in [1.165, 1.54) is 34.6 Å². The minimum absolute atomic E-state index is 0.935. The molecule has 2 nitrogen and oxygen atoms in total. The predicted octanol–water partition coefficient (Wildman–Crippen LogP) is 3.01. The fourth-order valence-electron chi connectivity index (χ4n) is 1.80. The first-order chi connectivity index (χ1) is 7.79. The first kappa shape index (κ1) is 12.3. The van der Waals surface area contributed by atoms with E-state index in [0.717, 1.165) is 12.3 Å². The number of hydrogen-bond donors (Lipinski definition) is 0. The second-order valence-corrected chi connectivity index (χ2v) is 5.92. The number of halogens is 1. The van der Waals surface area contributed by atoms with Gasteiger partial charge in [0.15, 0.2) is 0 Å². The molecule has 88 valence electrons. The summed E-state index contributed by atoms with van der Waals surface area (Å²) in [7, 11) is 1.71. The molecule has 0 aromatic heterocycles. The van der Waals surface area contributed by atoms with Crippen LogP contribution in [0, 0.1) is 0 Å². The summed E-state index contributed by atoms with van der Waals surface area (Å²) in [5.41, 5.74) is 1.31. The van der Waals surface area contributed by atoms with Gasteiger partial charge in [-0.1, -0.05) is 15.9 Å². The van der Waals surface area contributed by atoms with Crippen LogP contribution in [-0.4, -0.2) is 36.6 Å². The summed E-state index contributed by atoms with van der Waals surface area (Å²) in [6.45, 7) is 3.39. The molecule has 0 amide bonds. The largest absolute Gasteiger partial charge is 0.497 e. The van der Waals surface area contributed by atoms with E-state index in [2.05, 4.69) is 33.0 Å². The Morgan fingerprint density at radius 1 is 1.38 bits per heavy atom. The number of hydrogen-bond acceptors (Lipinski definition) is 3. The van der Waals surface area contributed by atoms with Crippen molar-refractivity contribution < 1.29 is 4.74 Å². The predicted molar refractivity (Wildman–Crippen MR) is 73.3 cm³/mol. The molecule has 1 heterocycles. The Bertz CT molecular complexity index is 353. The summed E-state index contributed by atoms with van der Waals surface area (Å²) in [4.78, 5) is 2.50. The molecule has 1 aliphatic heterocycles. The van der Waals surface area contributed by atoms with Crippen molar-refractivity contribution in [2.75, 3.05) is 31.7 Å². The molecule has 2 rings (SSSR count). The first-order valence-electron chi connectivity index (χ1n) is 5.42. The fraction of sp³-hybridized carbons (Fsp3) is 0.500. The van der Waals surface area contributed by atoms with Gasteiger partial charge in [0, 0.05) is 35.6 Å². The number of methoxy groups -OCH3 is 1. The van der Waals surface area contributed by atoms with E-state index in [0.29, 0.717) is 0 Å². The monoisotopic (exact) mass is 301 g/mol. The molecule has 0 N–H and O–H groups in total. The van der Waals surface area contributed by atoms with Crippen LogP contribution in [0.3, 0.4) is 0 Å². The molecule has 1 fully saturated rings. The minimum Gasteiger partial charge on any atom is -0.497 e. The van der Waals surface area contributed by atoms with E-state index in [-0.39, 0.29) is 0 Å². The zero-order valence-corrected chi connectivity index (χ0v) is 11.8. The highest BCUT2D eigenvalue weighted by Gasteiger charge is 2.12. The van der Waals surface area contributed by atoms with E-state index >= 15 is 0 Å². The summed E-state index contributed by atoms with van der Waals surface area (Å²) in [5.74, 6) is 3.44. The van der Waals surface area contributed by atoms with Crippen LogP contribution in [0.5, 0.6) is 5.75 Å². The third-order valence-electron chi connectivity index (χ3n) is 2.75. The highest BCUT2D eigenvalue weighted by atomic mass is 79.9. The van der Waals surface area contributed by atoms with Gasteiger partial charge in [-0.2, -0.15) is 11.8 Å². The van der Waals surface area contributed by atoms with E-state index in [1.807, 2.05) is 17.8 Å². The summed E-state index contributed by atoms with van der Waals surface area (Å²) in [6, 6.07) is 6.17. The van der Waals surface area contributed by atoms with E-state index in [4.69, 9.17) is 4.74 Å². The fourth-order valence-corrected chi connectivity index (χ4v) is 3.15. The molecule has 0 radical (unpaired) electrons. The molecule has 4 heteroatoms. The van der Waals surface area contributed by atoms with Crippen molar-refractivity contribution in [3.63, 3.8) is 0 Å². The van der Waals surface area contributed by atoms with Crippen molar-refractivity contribution in [1.82, 2.24) is 4.90 Å². The first-order valence-corrected chi connectivity index (χ1v) is 7.37. The van der Waals surface area contributed by atoms with Crippen molar-refractivity contribution in [2.24, 2.45) is 0 Å². The Kier molecular flexibility index (Phi) is 4.55. The van der Waals surface area contributed by atoms with E-state index in [9.17, 15) is 0 Å². The van der Waals surface area contributed by atoms with Gasteiger partial charge in [0.05, 0.1) is 7.11 Å². The lowest BCUT2D eigenvalue weighted by molar-refractivity contribution is 0.293. The summed E-state index contributed by atoms with van der Waals surface area (Å²) in [5, 5.41) is 0. The molecule has 1 aromatic carbocycles. The average molecular weight is 302 g/mol. The number of ether oxygens (including phenoxy) is 1. The van der Waals surface area contributed by atoms with Gasteiger partial charge in [0.2, 0.25) is 0 Å². The quantitative estimate of drug-likeness (QED) is 0.851. The van der Waals surface area contributed by atoms with Gasteiger partial charge in [-0.3, -0.25) is 4.90 Å². The third-order valence-corrected chi connectivity index (χ3v) is 4.47. The smallest absolute Gasteiger partial charge is 0.119 e. The van der Waals surface area contributed by atoms with Crippen LogP contribution in [0.2, 0.25) is 0 Å². The number of nitrogens with zero attached hydrogens (tertiary/aromatic N) is 1. The van der Waals surface area contributed by atoms with Gasteiger partial charge < -0.3 is 4.74 Å². The lowest BCUT2D eigenvalue weighted by Gasteiger charge is -2.26. The maximum absolute atomic E-state index is 5.26. The van der Waals surface area contributed by atoms with Gasteiger partial charge in [0.1, 0.15) is 5.75 Å². The highest BCUT2D eigenvalue weighted by Crippen LogP contribution is 2.24. The SMILES string of the molecule is COc1ccc(Br)c(CN2CCSCC2)c1. The van der Waals surface area contributed by atoms with Crippen LogP contribution in [-0.2, 0) is 6.54 Å². The summed E-state index contributed by atoms with van der Waals surface area (Å²) >= 11 is 5.64. The van der Waals surface area contributed by atoms with Crippen molar-refractivity contribution in [2.45, 2.75) is 6.54 Å². The Labute approximate surface area is 109 Å². The third kappa shape index (κ3) is 3.15. The zero-order chi connectivity index (χ0) is 11.4. The van der Waals surface area contributed by atoms with Gasteiger partial charge in [-0.25, -0.2) is 0 Å². The van der Waals surface area contributed by atoms with Gasteiger partial charge in [-0.15, -0.1) is 0 Å². The van der Waals surface area contributed by atoms with Gasteiger partial charge in [-0.05, 0) is 23.8 Å². The molecule has 0 aliphatic carbocycles. The molecule has 0 unspecified atom stereocenters. The van der Waals surface area contributed by atoms with Crippen LogP contribution in [0.1, 0.15) is 5.56 Å². The standard InChI is InChI=1S/C12H16BrNOS/c1-15-11-2-3-12(13)10(8-11)9-14-4-6-16-7-5-14/h2-3,8H,4-7,9H2,1H3. The number of rotatable bonds is 3. The Hall–Kier alpha value is -0.190. The van der Waals surface area contributed by atoms with E-state index < -0.39 is 0 Å². The molecular formula is C12H16BrNOS. The minimum atomic E-state index is 0.935. The van der Waals surface area contributed by atoms with Crippen molar-refractivity contribution >= 4 is 27.7 Å². The topological polar surface area (TPSA) is 12.5 Å². The molecule has 0 spiro atoms. The Morgan fingerprint density at radius 2 is 2.12 bits per heavy atom. The average Bonchev–Trinajstić information content (AvgIpc) is 2.33.